The van der Waals surface area contributed by atoms with Crippen LogP contribution in [0.25, 0.3) is 0 Å². The lowest BCUT2D eigenvalue weighted by Crippen LogP contribution is -2.40. The summed E-state index contributed by atoms with van der Waals surface area (Å²) >= 11 is 0. The number of ether oxygens (including phenoxy) is 1. The van der Waals surface area contributed by atoms with Crippen LogP contribution in [0.4, 0.5) is 0 Å². The van der Waals surface area contributed by atoms with Gasteiger partial charge in [0.1, 0.15) is 0 Å². The highest BCUT2D eigenvalue weighted by Gasteiger charge is 2.17. The van der Waals surface area contributed by atoms with Crippen molar-refractivity contribution in [3.05, 3.63) is 0 Å². The number of nitrogens with one attached hydrogen (secondary N) is 2. The van der Waals surface area contributed by atoms with E-state index in [1.165, 1.54) is 12.8 Å². The summed E-state index contributed by atoms with van der Waals surface area (Å²) in [5.74, 6) is 0.933. The minimum absolute atomic E-state index is 0.389. The first-order chi connectivity index (χ1) is 6.34. The summed E-state index contributed by atoms with van der Waals surface area (Å²) in [7, 11) is 0. The highest BCUT2D eigenvalue weighted by molar-refractivity contribution is 5.81. The first-order valence-electron chi connectivity index (χ1n) is 5.01. The van der Waals surface area contributed by atoms with Crippen LogP contribution in [0.3, 0.4) is 0 Å². The van der Waals surface area contributed by atoms with E-state index in [-0.39, 0.29) is 0 Å². The second-order valence-electron chi connectivity index (χ2n) is 3.75. The molecule has 0 radical (unpaired) electrons. The summed E-state index contributed by atoms with van der Waals surface area (Å²) in [5, 5.41) is 6.53. The van der Waals surface area contributed by atoms with Crippen LogP contribution >= 0.6 is 0 Å². The van der Waals surface area contributed by atoms with E-state index < -0.39 is 0 Å². The van der Waals surface area contributed by atoms with E-state index in [2.05, 4.69) is 22.5 Å². The van der Waals surface area contributed by atoms with Gasteiger partial charge in [0.05, 0.1) is 12.6 Å². The van der Waals surface area contributed by atoms with E-state index in [1.807, 2.05) is 0 Å². The number of hydrogen-bond acceptors (Lipinski definition) is 4. The molecule has 0 saturated carbocycles. The second-order valence-corrected chi connectivity index (χ2v) is 3.75. The van der Waals surface area contributed by atoms with E-state index >= 15 is 0 Å². The lowest BCUT2D eigenvalue weighted by atomic mass is 10.2. The molecule has 0 aromatic carbocycles. The maximum absolute atomic E-state index is 5.49. The van der Waals surface area contributed by atoms with Crippen molar-refractivity contribution < 1.29 is 4.74 Å². The van der Waals surface area contributed by atoms with Crippen molar-refractivity contribution in [2.24, 2.45) is 4.99 Å². The van der Waals surface area contributed by atoms with Gasteiger partial charge in [0.15, 0.2) is 5.96 Å². The molecule has 0 bridgehead atoms. The van der Waals surface area contributed by atoms with Gasteiger partial charge in [0.2, 0.25) is 0 Å². The van der Waals surface area contributed by atoms with E-state index in [1.54, 1.807) is 0 Å². The molecular formula is C9H17N3O. The molecule has 2 atom stereocenters. The molecule has 2 N–H and O–H groups in total. The average Bonchev–Trinajstić information content (AvgIpc) is 2.71. The van der Waals surface area contributed by atoms with Crippen LogP contribution in [0.2, 0.25) is 0 Å². The molecule has 2 heterocycles. The molecule has 0 aliphatic carbocycles. The minimum atomic E-state index is 0.389. The number of nitrogens with zero attached hydrogens (tertiary/aromatic N) is 1. The van der Waals surface area contributed by atoms with Crippen LogP contribution in [-0.4, -0.2) is 37.8 Å². The molecule has 2 aliphatic rings. The molecule has 0 amide bonds. The van der Waals surface area contributed by atoms with Crippen molar-refractivity contribution in [1.82, 2.24) is 10.6 Å². The predicted octanol–water partition coefficient (Wildman–Crippen LogP) is 0.103. The average molecular weight is 183 g/mol. The molecule has 1 fully saturated rings. The van der Waals surface area contributed by atoms with Crippen LogP contribution in [0, 0.1) is 0 Å². The lowest BCUT2D eigenvalue weighted by Gasteiger charge is -2.12. The monoisotopic (exact) mass is 183 g/mol. The van der Waals surface area contributed by atoms with Crippen LogP contribution in [-0.2, 0) is 4.74 Å². The maximum Gasteiger partial charge on any atom is 0.191 e. The largest absolute Gasteiger partial charge is 0.376 e. The summed E-state index contributed by atoms with van der Waals surface area (Å²) in [4.78, 5) is 4.32. The molecule has 4 heteroatoms. The molecule has 1 saturated heterocycles. The van der Waals surface area contributed by atoms with Gasteiger partial charge in [-0.05, 0) is 19.8 Å². The molecule has 0 aromatic heterocycles. The van der Waals surface area contributed by atoms with E-state index in [4.69, 9.17) is 4.74 Å². The maximum atomic E-state index is 5.49. The third kappa shape index (κ3) is 2.34. The molecule has 0 aromatic rings. The van der Waals surface area contributed by atoms with Crippen LogP contribution < -0.4 is 10.6 Å². The van der Waals surface area contributed by atoms with Crippen molar-refractivity contribution in [3.63, 3.8) is 0 Å². The first-order valence-corrected chi connectivity index (χ1v) is 5.01. The Labute approximate surface area is 78.8 Å². The summed E-state index contributed by atoms with van der Waals surface area (Å²) < 4.78 is 5.49. The Morgan fingerprint density at radius 1 is 1.69 bits per heavy atom. The minimum Gasteiger partial charge on any atom is -0.376 e. The van der Waals surface area contributed by atoms with Crippen LogP contribution in [0.15, 0.2) is 4.99 Å². The quantitative estimate of drug-likeness (QED) is 0.638. The fourth-order valence-electron chi connectivity index (χ4n) is 1.68. The third-order valence-corrected chi connectivity index (χ3v) is 2.43. The SMILES string of the molecule is CC1CN=C(NCC2CCCO2)N1. The van der Waals surface area contributed by atoms with Gasteiger partial charge in [-0.3, -0.25) is 4.99 Å². The van der Waals surface area contributed by atoms with Gasteiger partial charge in [0.25, 0.3) is 0 Å². The zero-order valence-corrected chi connectivity index (χ0v) is 8.05. The summed E-state index contributed by atoms with van der Waals surface area (Å²) in [6.07, 6.45) is 2.76. The Morgan fingerprint density at radius 3 is 3.23 bits per heavy atom. The van der Waals surface area contributed by atoms with Gasteiger partial charge >= 0.3 is 0 Å². The van der Waals surface area contributed by atoms with Gasteiger partial charge in [-0.2, -0.15) is 0 Å². The Hall–Kier alpha value is -0.770. The van der Waals surface area contributed by atoms with Crippen molar-refractivity contribution >= 4 is 5.96 Å². The summed E-state index contributed by atoms with van der Waals surface area (Å²) in [6.45, 7) is 4.82. The Bertz CT molecular complexity index is 199. The lowest BCUT2D eigenvalue weighted by molar-refractivity contribution is 0.114. The summed E-state index contributed by atoms with van der Waals surface area (Å²) in [5.41, 5.74) is 0. The smallest absolute Gasteiger partial charge is 0.191 e. The fraction of sp³-hybridized carbons (Fsp3) is 0.889. The molecule has 0 spiro atoms. The molecule has 13 heavy (non-hydrogen) atoms. The molecule has 2 aliphatic heterocycles. The van der Waals surface area contributed by atoms with E-state index in [9.17, 15) is 0 Å². The molecule has 4 nitrogen and oxygen atoms in total. The van der Waals surface area contributed by atoms with Crippen LogP contribution in [0.1, 0.15) is 19.8 Å². The molecule has 74 valence electrons. The van der Waals surface area contributed by atoms with E-state index in [0.29, 0.717) is 12.1 Å². The Morgan fingerprint density at radius 2 is 2.62 bits per heavy atom. The van der Waals surface area contributed by atoms with Crippen molar-refractivity contribution in [1.29, 1.82) is 0 Å². The predicted molar refractivity (Wildman–Crippen MR) is 51.9 cm³/mol. The number of guanidine groups is 1. The summed E-state index contributed by atoms with van der Waals surface area (Å²) in [6, 6.07) is 0.479. The van der Waals surface area contributed by atoms with Crippen molar-refractivity contribution in [2.45, 2.75) is 31.9 Å². The fourth-order valence-corrected chi connectivity index (χ4v) is 1.68. The first kappa shape index (κ1) is 8.81. The second kappa shape index (κ2) is 3.96. The van der Waals surface area contributed by atoms with Gasteiger partial charge in [-0.15, -0.1) is 0 Å². The van der Waals surface area contributed by atoms with Gasteiger partial charge in [0, 0.05) is 19.2 Å². The van der Waals surface area contributed by atoms with Crippen LogP contribution in [0.5, 0.6) is 0 Å². The molecular weight excluding hydrogens is 166 g/mol. The van der Waals surface area contributed by atoms with Crippen molar-refractivity contribution in [3.8, 4) is 0 Å². The third-order valence-electron chi connectivity index (χ3n) is 2.43. The molecule has 2 rings (SSSR count). The van der Waals surface area contributed by atoms with Gasteiger partial charge in [-0.25, -0.2) is 0 Å². The zero-order chi connectivity index (χ0) is 9.10. The highest BCUT2D eigenvalue weighted by Crippen LogP contribution is 2.10. The number of aliphatic imine (C=N–C) groups is 1. The van der Waals surface area contributed by atoms with E-state index in [0.717, 1.165) is 25.7 Å². The van der Waals surface area contributed by atoms with Crippen molar-refractivity contribution in [2.75, 3.05) is 19.7 Å². The zero-order valence-electron chi connectivity index (χ0n) is 8.05. The highest BCUT2D eigenvalue weighted by atomic mass is 16.5. The Balaban J connectivity index is 1.67. The Kier molecular flexibility index (Phi) is 2.68. The standard InChI is InChI=1S/C9H17N3O/c1-7-5-10-9(12-7)11-6-8-3-2-4-13-8/h7-8H,2-6H2,1H3,(H2,10,11,12). The normalized spacial score (nSPS) is 32.8. The molecule has 2 unspecified atom stereocenters. The number of rotatable bonds is 2. The number of hydrogen-bond donors (Lipinski definition) is 2. The van der Waals surface area contributed by atoms with Gasteiger partial charge in [-0.1, -0.05) is 0 Å². The topological polar surface area (TPSA) is 45.7 Å². The van der Waals surface area contributed by atoms with Gasteiger partial charge < -0.3 is 15.4 Å².